The quantitative estimate of drug-likeness (QED) is 0.730. The monoisotopic (exact) mass is 211 g/mol. The molecule has 0 aliphatic carbocycles. The molecule has 0 saturated carbocycles. The lowest BCUT2D eigenvalue weighted by molar-refractivity contribution is 0.208. The molecule has 1 aromatic rings. The molecule has 1 aromatic heterocycles. The van der Waals surface area contributed by atoms with Crippen LogP contribution in [0.5, 0.6) is 0 Å². The van der Waals surface area contributed by atoms with Gasteiger partial charge in [-0.25, -0.2) is 4.98 Å². The molecule has 0 aliphatic heterocycles. The minimum Gasteiger partial charge on any atom is -0.330 e. The predicted molar refractivity (Wildman–Crippen MR) is 60.4 cm³/mol. The summed E-state index contributed by atoms with van der Waals surface area (Å²) in [5, 5.41) is 4.06. The van der Waals surface area contributed by atoms with Gasteiger partial charge >= 0.3 is 0 Å². The Morgan fingerprint density at radius 1 is 1.47 bits per heavy atom. The summed E-state index contributed by atoms with van der Waals surface area (Å²) in [6.07, 6.45) is 3.30. The molecule has 0 amide bonds. The Bertz CT molecular complexity index is 267. The lowest BCUT2D eigenvalue weighted by Crippen LogP contribution is -2.38. The average Bonchev–Trinajstić information content (AvgIpc) is 2.66. The van der Waals surface area contributed by atoms with E-state index in [4.69, 9.17) is 5.73 Å². The van der Waals surface area contributed by atoms with E-state index in [1.54, 1.807) is 12.7 Å². The van der Waals surface area contributed by atoms with Crippen molar-refractivity contribution in [2.75, 3.05) is 26.7 Å². The minimum atomic E-state index is 0.178. The van der Waals surface area contributed by atoms with E-state index < -0.39 is 0 Å². The number of hydrogen-bond donors (Lipinski definition) is 1. The van der Waals surface area contributed by atoms with Crippen molar-refractivity contribution in [2.45, 2.75) is 20.4 Å². The summed E-state index contributed by atoms with van der Waals surface area (Å²) in [4.78, 5) is 6.18. The van der Waals surface area contributed by atoms with Gasteiger partial charge in [-0.15, -0.1) is 0 Å². The minimum absolute atomic E-state index is 0.178. The summed E-state index contributed by atoms with van der Waals surface area (Å²) in [7, 11) is 2.11. The van der Waals surface area contributed by atoms with E-state index in [1.165, 1.54) is 0 Å². The van der Waals surface area contributed by atoms with Gasteiger partial charge in [0.2, 0.25) is 0 Å². The fourth-order valence-corrected chi connectivity index (χ4v) is 1.50. The second kappa shape index (κ2) is 5.23. The summed E-state index contributed by atoms with van der Waals surface area (Å²) in [6.45, 7) is 7.90. The zero-order chi connectivity index (χ0) is 11.3. The number of nitrogens with zero attached hydrogens (tertiary/aromatic N) is 4. The molecule has 1 heterocycles. The molecule has 0 aliphatic rings. The number of aromatic nitrogens is 3. The molecule has 86 valence electrons. The molecule has 0 radical (unpaired) electrons. The van der Waals surface area contributed by atoms with Gasteiger partial charge in [0.05, 0.1) is 6.54 Å². The van der Waals surface area contributed by atoms with E-state index in [0.717, 1.165) is 19.6 Å². The van der Waals surface area contributed by atoms with Crippen molar-refractivity contribution in [2.24, 2.45) is 11.1 Å². The van der Waals surface area contributed by atoms with Gasteiger partial charge in [-0.3, -0.25) is 4.68 Å². The highest BCUT2D eigenvalue weighted by Crippen LogP contribution is 2.13. The summed E-state index contributed by atoms with van der Waals surface area (Å²) in [5.74, 6) is 0. The van der Waals surface area contributed by atoms with Crippen molar-refractivity contribution >= 4 is 0 Å². The fraction of sp³-hybridized carbons (Fsp3) is 0.800. The molecule has 5 nitrogen and oxygen atoms in total. The maximum absolute atomic E-state index is 5.69. The molecule has 0 aromatic carbocycles. The van der Waals surface area contributed by atoms with Crippen molar-refractivity contribution in [1.29, 1.82) is 0 Å². The van der Waals surface area contributed by atoms with E-state index >= 15 is 0 Å². The first-order valence-corrected chi connectivity index (χ1v) is 5.24. The summed E-state index contributed by atoms with van der Waals surface area (Å²) in [5.41, 5.74) is 5.87. The molecule has 5 heteroatoms. The highest BCUT2D eigenvalue weighted by atomic mass is 15.3. The van der Waals surface area contributed by atoms with Crippen molar-refractivity contribution < 1.29 is 0 Å². The van der Waals surface area contributed by atoms with E-state index in [-0.39, 0.29) is 5.41 Å². The first kappa shape index (κ1) is 12.1. The van der Waals surface area contributed by atoms with Gasteiger partial charge in [0.15, 0.2) is 0 Å². The zero-order valence-corrected chi connectivity index (χ0v) is 9.85. The molecule has 0 saturated heterocycles. The topological polar surface area (TPSA) is 60.0 Å². The highest BCUT2D eigenvalue weighted by Gasteiger charge is 2.17. The second-order valence-electron chi connectivity index (χ2n) is 4.76. The van der Waals surface area contributed by atoms with Crippen molar-refractivity contribution in [1.82, 2.24) is 19.7 Å². The van der Waals surface area contributed by atoms with Crippen LogP contribution < -0.4 is 5.73 Å². The Morgan fingerprint density at radius 2 is 2.20 bits per heavy atom. The predicted octanol–water partition coefficient (Wildman–Crippen LogP) is 0.195. The van der Waals surface area contributed by atoms with E-state index in [1.807, 2.05) is 4.68 Å². The summed E-state index contributed by atoms with van der Waals surface area (Å²) < 4.78 is 1.84. The SMILES string of the molecule is CN(CCn1cncn1)CC(C)(C)CN. The third-order valence-corrected chi connectivity index (χ3v) is 2.43. The van der Waals surface area contributed by atoms with Crippen LogP contribution in [0.2, 0.25) is 0 Å². The molecule has 15 heavy (non-hydrogen) atoms. The van der Waals surface area contributed by atoms with Crippen LogP contribution in [0.15, 0.2) is 12.7 Å². The van der Waals surface area contributed by atoms with Crippen molar-refractivity contribution in [3.8, 4) is 0 Å². The zero-order valence-electron chi connectivity index (χ0n) is 9.85. The van der Waals surface area contributed by atoms with Crippen LogP contribution in [0.3, 0.4) is 0 Å². The Morgan fingerprint density at radius 3 is 2.73 bits per heavy atom. The lowest BCUT2D eigenvalue weighted by atomic mass is 9.93. The third-order valence-electron chi connectivity index (χ3n) is 2.43. The highest BCUT2D eigenvalue weighted by molar-refractivity contribution is 4.73. The average molecular weight is 211 g/mol. The van der Waals surface area contributed by atoms with Gasteiger partial charge in [0.25, 0.3) is 0 Å². The van der Waals surface area contributed by atoms with Gasteiger partial charge in [-0.2, -0.15) is 5.10 Å². The van der Waals surface area contributed by atoms with Crippen LogP contribution in [0, 0.1) is 5.41 Å². The summed E-state index contributed by atoms with van der Waals surface area (Å²) >= 11 is 0. The maximum atomic E-state index is 5.69. The van der Waals surface area contributed by atoms with E-state index in [0.29, 0.717) is 6.54 Å². The van der Waals surface area contributed by atoms with Gasteiger partial charge in [0.1, 0.15) is 12.7 Å². The summed E-state index contributed by atoms with van der Waals surface area (Å²) in [6, 6.07) is 0. The Labute approximate surface area is 91.3 Å². The Kier molecular flexibility index (Phi) is 4.23. The molecule has 0 fully saturated rings. The van der Waals surface area contributed by atoms with Crippen LogP contribution in [0.25, 0.3) is 0 Å². The molecular weight excluding hydrogens is 190 g/mol. The van der Waals surface area contributed by atoms with Crippen molar-refractivity contribution in [3.63, 3.8) is 0 Å². The smallest absolute Gasteiger partial charge is 0.137 e. The first-order valence-electron chi connectivity index (χ1n) is 5.24. The van der Waals surface area contributed by atoms with Gasteiger partial charge in [-0.05, 0) is 19.0 Å². The number of nitrogens with two attached hydrogens (primary N) is 1. The normalized spacial score (nSPS) is 12.3. The van der Waals surface area contributed by atoms with Crippen LogP contribution in [0.1, 0.15) is 13.8 Å². The first-order chi connectivity index (χ1) is 7.03. The second-order valence-corrected chi connectivity index (χ2v) is 4.76. The van der Waals surface area contributed by atoms with Crippen LogP contribution in [0.4, 0.5) is 0 Å². The standard InChI is InChI=1S/C10H21N5/c1-10(2,6-11)7-14(3)4-5-15-9-12-8-13-15/h8-9H,4-7,11H2,1-3H3. The van der Waals surface area contributed by atoms with Crippen molar-refractivity contribution in [3.05, 3.63) is 12.7 Å². The lowest BCUT2D eigenvalue weighted by Gasteiger charge is -2.28. The largest absolute Gasteiger partial charge is 0.330 e. The van der Waals surface area contributed by atoms with E-state index in [2.05, 4.69) is 35.9 Å². The molecule has 0 bridgehead atoms. The van der Waals surface area contributed by atoms with Crippen LogP contribution >= 0.6 is 0 Å². The van der Waals surface area contributed by atoms with Gasteiger partial charge in [0, 0.05) is 13.1 Å². The molecular formula is C10H21N5. The van der Waals surface area contributed by atoms with Crippen LogP contribution in [-0.4, -0.2) is 46.3 Å². The van der Waals surface area contributed by atoms with Gasteiger partial charge in [-0.1, -0.05) is 13.8 Å². The Hall–Kier alpha value is -0.940. The number of rotatable bonds is 6. The van der Waals surface area contributed by atoms with Gasteiger partial charge < -0.3 is 10.6 Å². The number of hydrogen-bond acceptors (Lipinski definition) is 4. The van der Waals surface area contributed by atoms with Crippen LogP contribution in [-0.2, 0) is 6.54 Å². The number of likely N-dealkylation sites (N-methyl/N-ethyl adjacent to an activating group) is 1. The molecule has 0 unspecified atom stereocenters. The third kappa shape index (κ3) is 4.40. The fourth-order valence-electron chi connectivity index (χ4n) is 1.50. The molecule has 0 atom stereocenters. The Balaban J connectivity index is 2.27. The van der Waals surface area contributed by atoms with E-state index in [9.17, 15) is 0 Å². The molecule has 2 N–H and O–H groups in total. The maximum Gasteiger partial charge on any atom is 0.137 e. The molecule has 0 spiro atoms. The molecule has 1 rings (SSSR count).